The predicted octanol–water partition coefficient (Wildman–Crippen LogP) is 3.39. The van der Waals surface area contributed by atoms with Crippen molar-refractivity contribution >= 4 is 29.3 Å². The van der Waals surface area contributed by atoms with E-state index in [0.29, 0.717) is 23.7 Å². The molecule has 2 saturated heterocycles. The maximum atomic E-state index is 12.8. The topological polar surface area (TPSA) is 52.6 Å². The summed E-state index contributed by atoms with van der Waals surface area (Å²) in [5.74, 6) is 1.78. The van der Waals surface area contributed by atoms with Crippen LogP contribution in [0.25, 0.3) is 0 Å². The lowest BCUT2D eigenvalue weighted by atomic mass is 10.1. The molecule has 0 radical (unpaired) electrons. The van der Waals surface area contributed by atoms with Gasteiger partial charge >= 0.3 is 0 Å². The quantitative estimate of drug-likeness (QED) is 0.791. The smallest absolute Gasteiger partial charge is 0.255 e. The second kappa shape index (κ2) is 8.35. The SMILES string of the molecule is Cc1cc(N2CCCCC2)nc(N2CCN(C(=O)c3ccccc3Cl)CC2)n1. The third-order valence-electron chi connectivity index (χ3n) is 5.46. The fourth-order valence-corrected chi connectivity index (χ4v) is 4.09. The van der Waals surface area contributed by atoms with Crippen LogP contribution in [-0.2, 0) is 0 Å². The fourth-order valence-electron chi connectivity index (χ4n) is 3.88. The number of piperidine rings is 1. The Kier molecular flexibility index (Phi) is 5.67. The highest BCUT2D eigenvalue weighted by molar-refractivity contribution is 6.33. The minimum Gasteiger partial charge on any atom is -0.356 e. The first kappa shape index (κ1) is 19.0. The lowest BCUT2D eigenvalue weighted by molar-refractivity contribution is 0.0746. The molecule has 0 atom stereocenters. The van der Waals surface area contributed by atoms with Gasteiger partial charge in [-0.15, -0.1) is 0 Å². The Hall–Kier alpha value is -2.34. The van der Waals surface area contributed by atoms with Gasteiger partial charge in [-0.25, -0.2) is 4.98 Å². The second-order valence-corrected chi connectivity index (χ2v) is 7.88. The van der Waals surface area contributed by atoms with Gasteiger partial charge in [-0.1, -0.05) is 23.7 Å². The number of anilines is 2. The van der Waals surface area contributed by atoms with Crippen molar-refractivity contribution in [2.45, 2.75) is 26.2 Å². The van der Waals surface area contributed by atoms with Gasteiger partial charge in [0.2, 0.25) is 5.95 Å². The number of piperazine rings is 1. The van der Waals surface area contributed by atoms with Crippen molar-refractivity contribution in [2.75, 3.05) is 49.1 Å². The van der Waals surface area contributed by atoms with E-state index in [9.17, 15) is 4.79 Å². The molecule has 0 aliphatic carbocycles. The Labute approximate surface area is 171 Å². The number of carbonyl (C=O) groups is 1. The van der Waals surface area contributed by atoms with E-state index in [2.05, 4.69) is 20.9 Å². The summed E-state index contributed by atoms with van der Waals surface area (Å²) < 4.78 is 0. The average Bonchev–Trinajstić information content (AvgIpc) is 2.74. The lowest BCUT2D eigenvalue weighted by Crippen LogP contribution is -2.49. The zero-order valence-corrected chi connectivity index (χ0v) is 17.0. The number of aromatic nitrogens is 2. The number of rotatable bonds is 3. The molecule has 2 aliphatic rings. The van der Waals surface area contributed by atoms with Gasteiger partial charge in [-0.05, 0) is 38.3 Å². The Morgan fingerprint density at radius 1 is 0.929 bits per heavy atom. The molecule has 6 nitrogen and oxygen atoms in total. The highest BCUT2D eigenvalue weighted by Gasteiger charge is 2.25. The number of carbonyl (C=O) groups excluding carboxylic acids is 1. The third-order valence-corrected chi connectivity index (χ3v) is 5.79. The van der Waals surface area contributed by atoms with Crippen molar-refractivity contribution in [3.05, 3.63) is 46.6 Å². The molecule has 2 aliphatic heterocycles. The van der Waals surface area contributed by atoms with Gasteiger partial charge in [0, 0.05) is 51.0 Å². The van der Waals surface area contributed by atoms with Gasteiger partial charge in [0.05, 0.1) is 10.6 Å². The molecule has 0 unspecified atom stereocenters. The highest BCUT2D eigenvalue weighted by atomic mass is 35.5. The van der Waals surface area contributed by atoms with Crippen molar-refractivity contribution in [1.82, 2.24) is 14.9 Å². The van der Waals surface area contributed by atoms with Crippen LogP contribution in [0.1, 0.15) is 35.3 Å². The van der Waals surface area contributed by atoms with Crippen molar-refractivity contribution < 1.29 is 4.79 Å². The van der Waals surface area contributed by atoms with Crippen LogP contribution in [0.4, 0.5) is 11.8 Å². The van der Waals surface area contributed by atoms with Crippen LogP contribution in [0.3, 0.4) is 0 Å². The van der Waals surface area contributed by atoms with E-state index < -0.39 is 0 Å². The molecule has 4 rings (SSSR count). The molecule has 1 aromatic heterocycles. The first-order valence-corrected chi connectivity index (χ1v) is 10.4. The third kappa shape index (κ3) is 4.07. The zero-order chi connectivity index (χ0) is 19.5. The van der Waals surface area contributed by atoms with Crippen LogP contribution < -0.4 is 9.80 Å². The highest BCUT2D eigenvalue weighted by Crippen LogP contribution is 2.23. The number of aryl methyl sites for hydroxylation is 1. The molecule has 0 spiro atoms. The normalized spacial score (nSPS) is 17.7. The summed E-state index contributed by atoms with van der Waals surface area (Å²) in [7, 11) is 0. The van der Waals surface area contributed by atoms with Crippen molar-refractivity contribution in [2.24, 2.45) is 0 Å². The van der Waals surface area contributed by atoms with Crippen molar-refractivity contribution in [1.29, 1.82) is 0 Å². The van der Waals surface area contributed by atoms with E-state index in [4.69, 9.17) is 16.6 Å². The average molecular weight is 400 g/mol. The summed E-state index contributed by atoms with van der Waals surface area (Å²) in [5, 5.41) is 0.503. The summed E-state index contributed by atoms with van der Waals surface area (Å²) in [4.78, 5) is 28.7. The van der Waals surface area contributed by atoms with E-state index in [1.807, 2.05) is 24.0 Å². The van der Waals surface area contributed by atoms with E-state index >= 15 is 0 Å². The summed E-state index contributed by atoms with van der Waals surface area (Å²) >= 11 is 6.19. The van der Waals surface area contributed by atoms with Gasteiger partial charge in [-0.3, -0.25) is 4.79 Å². The number of benzene rings is 1. The van der Waals surface area contributed by atoms with Crippen LogP contribution in [0.5, 0.6) is 0 Å². The van der Waals surface area contributed by atoms with Gasteiger partial charge in [0.25, 0.3) is 5.91 Å². The molecule has 0 bridgehead atoms. The summed E-state index contributed by atoms with van der Waals surface area (Å²) in [5.41, 5.74) is 1.55. The molecular weight excluding hydrogens is 374 g/mol. The first-order valence-electron chi connectivity index (χ1n) is 10.0. The molecule has 0 saturated carbocycles. The number of nitrogens with zero attached hydrogens (tertiary/aromatic N) is 5. The largest absolute Gasteiger partial charge is 0.356 e. The first-order chi connectivity index (χ1) is 13.6. The van der Waals surface area contributed by atoms with Gasteiger partial charge in [0.15, 0.2) is 0 Å². The summed E-state index contributed by atoms with van der Waals surface area (Å²) in [6, 6.07) is 9.30. The molecule has 7 heteroatoms. The van der Waals surface area contributed by atoms with Crippen LogP contribution in [0.2, 0.25) is 5.02 Å². The van der Waals surface area contributed by atoms with E-state index in [-0.39, 0.29) is 5.91 Å². The molecule has 2 aromatic rings. The van der Waals surface area contributed by atoms with Crippen LogP contribution in [-0.4, -0.2) is 60.0 Å². The van der Waals surface area contributed by atoms with Crippen molar-refractivity contribution in [3.8, 4) is 0 Å². The monoisotopic (exact) mass is 399 g/mol. The maximum absolute atomic E-state index is 12.8. The molecule has 2 fully saturated rings. The zero-order valence-electron chi connectivity index (χ0n) is 16.3. The molecule has 1 aromatic carbocycles. The van der Waals surface area contributed by atoms with Crippen LogP contribution in [0.15, 0.2) is 30.3 Å². The Bertz CT molecular complexity index is 844. The molecule has 0 N–H and O–H groups in total. The number of hydrogen-bond acceptors (Lipinski definition) is 5. The number of hydrogen-bond donors (Lipinski definition) is 0. The van der Waals surface area contributed by atoms with Gasteiger partial charge < -0.3 is 14.7 Å². The standard InChI is InChI=1S/C21H26ClN5O/c1-16-15-19(25-9-5-2-6-10-25)24-21(23-16)27-13-11-26(12-14-27)20(28)17-7-3-4-8-18(17)22/h3-4,7-8,15H,2,5-6,9-14H2,1H3. The van der Waals surface area contributed by atoms with E-state index in [1.54, 1.807) is 12.1 Å². The second-order valence-electron chi connectivity index (χ2n) is 7.47. The van der Waals surface area contributed by atoms with Gasteiger partial charge in [-0.2, -0.15) is 4.98 Å². The number of amides is 1. The van der Waals surface area contributed by atoms with E-state index in [0.717, 1.165) is 43.6 Å². The van der Waals surface area contributed by atoms with E-state index in [1.165, 1.54) is 19.3 Å². The molecule has 148 valence electrons. The fraction of sp³-hybridized carbons (Fsp3) is 0.476. The minimum absolute atomic E-state index is 0.00980. The van der Waals surface area contributed by atoms with Crippen LogP contribution in [0, 0.1) is 6.92 Å². The molecule has 28 heavy (non-hydrogen) atoms. The molecular formula is C21H26ClN5O. The Morgan fingerprint density at radius 3 is 2.36 bits per heavy atom. The Balaban J connectivity index is 1.44. The van der Waals surface area contributed by atoms with Crippen molar-refractivity contribution in [3.63, 3.8) is 0 Å². The minimum atomic E-state index is -0.00980. The molecule has 3 heterocycles. The summed E-state index contributed by atoms with van der Waals surface area (Å²) in [6.45, 7) is 6.88. The van der Waals surface area contributed by atoms with Crippen LogP contribution >= 0.6 is 11.6 Å². The maximum Gasteiger partial charge on any atom is 0.255 e. The Morgan fingerprint density at radius 2 is 1.64 bits per heavy atom. The summed E-state index contributed by atoms with van der Waals surface area (Å²) in [6.07, 6.45) is 3.75. The predicted molar refractivity (Wildman–Crippen MR) is 112 cm³/mol. The van der Waals surface area contributed by atoms with Gasteiger partial charge in [0.1, 0.15) is 5.82 Å². The molecule has 1 amide bonds. The lowest BCUT2D eigenvalue weighted by Gasteiger charge is -2.35. The number of halogens is 1.